The Bertz CT molecular complexity index is 549. The van der Waals surface area contributed by atoms with Gasteiger partial charge < -0.3 is 0 Å². The third-order valence-electron chi connectivity index (χ3n) is 2.59. The van der Waals surface area contributed by atoms with Crippen molar-refractivity contribution in [2.75, 3.05) is 0 Å². The monoisotopic (exact) mass is 263 g/mol. The van der Waals surface area contributed by atoms with Crippen molar-refractivity contribution in [1.82, 2.24) is 14.8 Å². The fraction of sp³-hybridized carbons (Fsp3) is 0.308. The number of pyridine rings is 1. The molecule has 0 atom stereocenters. The fourth-order valence-electron chi connectivity index (χ4n) is 1.77. The highest BCUT2D eigenvalue weighted by Crippen LogP contribution is 2.20. The minimum Gasteiger partial charge on any atom is -0.292 e. The normalized spacial score (nSPS) is 10.9. The molecular weight excluding hydrogens is 250 g/mol. The second-order valence-electron chi connectivity index (χ2n) is 4.34. The maximum absolute atomic E-state index is 12.2. The lowest BCUT2D eigenvalue weighted by molar-refractivity contribution is 0.0981. The van der Waals surface area contributed by atoms with Gasteiger partial charge in [0.25, 0.3) is 0 Å². The Morgan fingerprint density at radius 3 is 2.83 bits per heavy atom. The van der Waals surface area contributed by atoms with Gasteiger partial charge in [0, 0.05) is 24.9 Å². The van der Waals surface area contributed by atoms with E-state index in [4.69, 9.17) is 11.6 Å². The second-order valence-corrected chi connectivity index (χ2v) is 4.75. The van der Waals surface area contributed by atoms with Crippen LogP contribution in [0.15, 0.2) is 30.7 Å². The van der Waals surface area contributed by atoms with Crippen molar-refractivity contribution < 1.29 is 4.79 Å². The molecule has 0 saturated carbocycles. The molecule has 4 nitrogen and oxygen atoms in total. The fourth-order valence-corrected chi connectivity index (χ4v) is 2.00. The van der Waals surface area contributed by atoms with E-state index >= 15 is 0 Å². The lowest BCUT2D eigenvalue weighted by Gasteiger charge is -2.10. The summed E-state index contributed by atoms with van der Waals surface area (Å²) in [6.07, 6.45) is 5.16. The standard InChI is InChI=1S/C13H14ClN3O/c1-9(2)17-13(11(14)8-16-17)12(18)6-10-4-3-5-15-7-10/h3-5,7-9H,6H2,1-2H3. The van der Waals surface area contributed by atoms with Crippen LogP contribution in [0, 0.1) is 0 Å². The molecule has 0 radical (unpaired) electrons. The lowest BCUT2D eigenvalue weighted by atomic mass is 10.1. The van der Waals surface area contributed by atoms with Crippen molar-refractivity contribution in [1.29, 1.82) is 0 Å². The van der Waals surface area contributed by atoms with Gasteiger partial charge in [0.15, 0.2) is 5.78 Å². The number of nitrogens with zero attached hydrogens (tertiary/aromatic N) is 3. The Labute approximate surface area is 111 Å². The molecule has 2 rings (SSSR count). The largest absolute Gasteiger partial charge is 0.292 e. The molecule has 2 aromatic heterocycles. The minimum atomic E-state index is -0.0424. The van der Waals surface area contributed by atoms with E-state index in [9.17, 15) is 4.79 Å². The number of carbonyl (C=O) groups is 1. The van der Waals surface area contributed by atoms with Crippen LogP contribution in [0.25, 0.3) is 0 Å². The smallest absolute Gasteiger partial charge is 0.186 e. The van der Waals surface area contributed by atoms with Crippen LogP contribution in [0.2, 0.25) is 5.02 Å². The average molecular weight is 264 g/mol. The van der Waals surface area contributed by atoms with Crippen LogP contribution in [0.3, 0.4) is 0 Å². The molecule has 0 N–H and O–H groups in total. The highest BCUT2D eigenvalue weighted by Gasteiger charge is 2.19. The van der Waals surface area contributed by atoms with Crippen LogP contribution in [-0.2, 0) is 6.42 Å². The van der Waals surface area contributed by atoms with Gasteiger partial charge >= 0.3 is 0 Å². The summed E-state index contributed by atoms with van der Waals surface area (Å²) in [5, 5.41) is 4.53. The Morgan fingerprint density at radius 1 is 1.44 bits per heavy atom. The molecule has 0 aliphatic heterocycles. The molecule has 0 saturated heterocycles. The molecule has 18 heavy (non-hydrogen) atoms. The summed E-state index contributed by atoms with van der Waals surface area (Å²) in [6.45, 7) is 3.92. The molecule has 0 bridgehead atoms. The van der Waals surface area contributed by atoms with E-state index in [0.29, 0.717) is 10.7 Å². The zero-order chi connectivity index (χ0) is 13.1. The number of hydrogen-bond donors (Lipinski definition) is 0. The van der Waals surface area contributed by atoms with Crippen LogP contribution in [0.5, 0.6) is 0 Å². The first-order valence-electron chi connectivity index (χ1n) is 5.74. The predicted molar refractivity (Wildman–Crippen MR) is 69.9 cm³/mol. The third kappa shape index (κ3) is 2.59. The molecule has 0 fully saturated rings. The molecule has 5 heteroatoms. The Hall–Kier alpha value is -1.68. The summed E-state index contributed by atoms with van der Waals surface area (Å²) < 4.78 is 1.65. The number of halogens is 1. The third-order valence-corrected chi connectivity index (χ3v) is 2.87. The maximum atomic E-state index is 12.2. The van der Waals surface area contributed by atoms with E-state index in [2.05, 4.69) is 10.1 Å². The topological polar surface area (TPSA) is 47.8 Å². The van der Waals surface area contributed by atoms with Gasteiger partial charge in [-0.3, -0.25) is 14.5 Å². The zero-order valence-electron chi connectivity index (χ0n) is 10.3. The molecule has 2 aromatic rings. The molecule has 0 aliphatic carbocycles. The number of ketones is 1. The number of carbonyl (C=O) groups excluding carboxylic acids is 1. The SMILES string of the molecule is CC(C)n1ncc(Cl)c1C(=O)Cc1cccnc1. The van der Waals surface area contributed by atoms with Gasteiger partial charge in [-0.25, -0.2) is 0 Å². The highest BCUT2D eigenvalue weighted by atomic mass is 35.5. The summed E-state index contributed by atoms with van der Waals surface area (Å²) in [5.41, 5.74) is 1.34. The molecule has 0 aliphatic rings. The number of hydrogen-bond acceptors (Lipinski definition) is 3. The van der Waals surface area contributed by atoms with Gasteiger partial charge in [0.2, 0.25) is 0 Å². The van der Waals surface area contributed by atoms with Crippen molar-refractivity contribution >= 4 is 17.4 Å². The Balaban J connectivity index is 2.27. The molecule has 0 unspecified atom stereocenters. The number of rotatable bonds is 4. The summed E-state index contributed by atoms with van der Waals surface area (Å²) in [7, 11) is 0. The summed E-state index contributed by atoms with van der Waals surface area (Å²) in [5.74, 6) is -0.0424. The zero-order valence-corrected chi connectivity index (χ0v) is 11.1. The molecule has 0 aromatic carbocycles. The van der Waals surface area contributed by atoms with E-state index in [1.165, 1.54) is 6.20 Å². The van der Waals surface area contributed by atoms with Gasteiger partial charge in [0.1, 0.15) is 5.69 Å². The first kappa shape index (κ1) is 12.8. The van der Waals surface area contributed by atoms with Gasteiger partial charge in [-0.1, -0.05) is 17.7 Å². The van der Waals surface area contributed by atoms with Gasteiger partial charge in [-0.05, 0) is 25.5 Å². The summed E-state index contributed by atoms with van der Waals surface area (Å²) in [4.78, 5) is 16.2. The van der Waals surface area contributed by atoms with Crippen LogP contribution in [0.1, 0.15) is 35.9 Å². The average Bonchev–Trinajstić information content (AvgIpc) is 2.72. The predicted octanol–water partition coefficient (Wildman–Crippen LogP) is 2.94. The van der Waals surface area contributed by atoms with E-state index in [-0.39, 0.29) is 18.2 Å². The van der Waals surface area contributed by atoms with Crippen molar-refractivity contribution in [2.24, 2.45) is 0 Å². The number of aromatic nitrogens is 3. The maximum Gasteiger partial charge on any atom is 0.186 e. The van der Waals surface area contributed by atoms with Gasteiger partial charge in [0.05, 0.1) is 11.2 Å². The van der Waals surface area contributed by atoms with Crippen molar-refractivity contribution in [3.8, 4) is 0 Å². The second kappa shape index (κ2) is 5.31. The van der Waals surface area contributed by atoms with Crippen LogP contribution >= 0.6 is 11.6 Å². The van der Waals surface area contributed by atoms with Crippen LogP contribution in [-0.4, -0.2) is 20.5 Å². The van der Waals surface area contributed by atoms with Crippen LogP contribution < -0.4 is 0 Å². The Kier molecular flexibility index (Phi) is 3.77. The van der Waals surface area contributed by atoms with E-state index in [1.807, 2.05) is 26.0 Å². The van der Waals surface area contributed by atoms with Crippen molar-refractivity contribution in [3.63, 3.8) is 0 Å². The molecule has 94 valence electrons. The quantitative estimate of drug-likeness (QED) is 0.797. The van der Waals surface area contributed by atoms with Crippen molar-refractivity contribution in [3.05, 3.63) is 47.0 Å². The van der Waals surface area contributed by atoms with E-state index in [1.54, 1.807) is 17.1 Å². The summed E-state index contributed by atoms with van der Waals surface area (Å²) in [6, 6.07) is 3.78. The Morgan fingerprint density at radius 2 is 2.22 bits per heavy atom. The van der Waals surface area contributed by atoms with Gasteiger partial charge in [-0.2, -0.15) is 5.10 Å². The van der Waals surface area contributed by atoms with E-state index < -0.39 is 0 Å². The molecule has 0 spiro atoms. The molecular formula is C13H14ClN3O. The lowest BCUT2D eigenvalue weighted by Crippen LogP contribution is -2.14. The first-order chi connectivity index (χ1) is 8.59. The minimum absolute atomic E-state index is 0.0424. The van der Waals surface area contributed by atoms with E-state index in [0.717, 1.165) is 5.56 Å². The first-order valence-corrected chi connectivity index (χ1v) is 6.12. The molecule has 0 amide bonds. The van der Waals surface area contributed by atoms with Gasteiger partial charge in [-0.15, -0.1) is 0 Å². The van der Waals surface area contributed by atoms with Crippen molar-refractivity contribution in [2.45, 2.75) is 26.3 Å². The summed E-state index contributed by atoms with van der Waals surface area (Å²) >= 11 is 6.03. The molecule has 2 heterocycles. The number of Topliss-reactive ketones (excluding diaryl/α,β-unsaturated/α-hetero) is 1. The highest BCUT2D eigenvalue weighted by molar-refractivity contribution is 6.33. The van der Waals surface area contributed by atoms with Crippen LogP contribution in [0.4, 0.5) is 0 Å².